The quantitative estimate of drug-likeness (QED) is 0.655. The molecule has 4 rings (SSSR count). The Morgan fingerprint density at radius 1 is 1.22 bits per heavy atom. The van der Waals surface area contributed by atoms with Crippen molar-refractivity contribution in [2.24, 2.45) is 0 Å². The molecule has 3 heterocycles. The van der Waals surface area contributed by atoms with Crippen molar-refractivity contribution in [3.05, 3.63) is 53.2 Å². The largest absolute Gasteiger partial charge is 0.381 e. The van der Waals surface area contributed by atoms with E-state index in [4.69, 9.17) is 9.72 Å². The maximum atomic E-state index is 13.4. The Bertz CT molecular complexity index is 896. The van der Waals surface area contributed by atoms with E-state index in [2.05, 4.69) is 20.5 Å². The van der Waals surface area contributed by atoms with Crippen LogP contribution >= 0.6 is 0 Å². The predicted octanol–water partition coefficient (Wildman–Crippen LogP) is 3.18. The van der Waals surface area contributed by atoms with Gasteiger partial charge in [-0.1, -0.05) is 19.1 Å². The summed E-state index contributed by atoms with van der Waals surface area (Å²) in [6.45, 7) is 7.29. The van der Waals surface area contributed by atoms with Crippen molar-refractivity contribution in [2.75, 3.05) is 44.7 Å². The number of likely N-dealkylation sites (tertiary alicyclic amines) is 1. The number of ether oxygens (including phenoxy) is 1. The van der Waals surface area contributed by atoms with Gasteiger partial charge in [-0.15, -0.1) is 0 Å². The molecule has 172 valence electrons. The van der Waals surface area contributed by atoms with Gasteiger partial charge in [0.25, 0.3) is 5.91 Å². The fourth-order valence-corrected chi connectivity index (χ4v) is 4.30. The third-order valence-electron chi connectivity index (χ3n) is 6.29. The van der Waals surface area contributed by atoms with Gasteiger partial charge in [0.2, 0.25) is 0 Å². The van der Waals surface area contributed by atoms with Gasteiger partial charge in [-0.05, 0) is 56.5 Å². The Morgan fingerprint density at radius 2 is 1.94 bits per heavy atom. The molecule has 7 nitrogen and oxygen atoms in total. The molecule has 0 spiro atoms. The standard InChI is InChI=1S/C24H32FN5O2/c1-17(18-4-6-19(25)7-5-18)22-23(26-10-13-30-11-2-3-12-30)27-16-21(29-22)24(31)28-20-8-14-32-15-9-20/h4-7,16-17,20H,2-3,8-15H2,1H3,(H,26,27)(H,28,31). The Kier molecular flexibility index (Phi) is 7.65. The number of anilines is 1. The molecule has 1 atom stereocenters. The fraction of sp³-hybridized carbons (Fsp3) is 0.542. The average Bonchev–Trinajstić information content (AvgIpc) is 3.33. The number of hydrogen-bond acceptors (Lipinski definition) is 6. The SMILES string of the molecule is CC(c1ccc(F)cc1)c1nc(C(=O)NC2CCOCC2)cnc1NCCN1CCCC1. The van der Waals surface area contributed by atoms with E-state index in [1.165, 1.54) is 31.2 Å². The Morgan fingerprint density at radius 3 is 2.66 bits per heavy atom. The van der Waals surface area contributed by atoms with Gasteiger partial charge in [-0.3, -0.25) is 4.79 Å². The van der Waals surface area contributed by atoms with E-state index in [1.54, 1.807) is 12.1 Å². The normalized spacial score (nSPS) is 18.4. The maximum absolute atomic E-state index is 13.4. The molecular weight excluding hydrogens is 409 g/mol. The van der Waals surface area contributed by atoms with E-state index in [9.17, 15) is 9.18 Å². The zero-order chi connectivity index (χ0) is 22.3. The topological polar surface area (TPSA) is 79.4 Å². The number of benzene rings is 1. The molecule has 0 aliphatic carbocycles. The molecule has 8 heteroatoms. The summed E-state index contributed by atoms with van der Waals surface area (Å²) in [6.07, 6.45) is 5.64. The number of hydrogen-bond donors (Lipinski definition) is 2. The van der Waals surface area contributed by atoms with E-state index >= 15 is 0 Å². The van der Waals surface area contributed by atoms with Gasteiger partial charge in [-0.2, -0.15) is 0 Å². The van der Waals surface area contributed by atoms with E-state index < -0.39 is 0 Å². The molecule has 2 aliphatic rings. The van der Waals surface area contributed by atoms with Crippen LogP contribution in [-0.2, 0) is 4.74 Å². The maximum Gasteiger partial charge on any atom is 0.271 e. The van der Waals surface area contributed by atoms with Crippen molar-refractivity contribution in [1.29, 1.82) is 0 Å². The zero-order valence-electron chi connectivity index (χ0n) is 18.6. The van der Waals surface area contributed by atoms with Crippen LogP contribution in [0.2, 0.25) is 0 Å². The number of aromatic nitrogens is 2. The van der Waals surface area contributed by atoms with E-state index in [-0.39, 0.29) is 23.7 Å². The summed E-state index contributed by atoms with van der Waals surface area (Å²) in [7, 11) is 0. The van der Waals surface area contributed by atoms with Gasteiger partial charge in [-0.25, -0.2) is 14.4 Å². The summed E-state index contributed by atoms with van der Waals surface area (Å²) >= 11 is 0. The fourth-order valence-electron chi connectivity index (χ4n) is 4.30. The Hall–Kier alpha value is -2.58. The van der Waals surface area contributed by atoms with Crippen LogP contribution in [0.15, 0.2) is 30.5 Å². The molecule has 0 bridgehead atoms. The van der Waals surface area contributed by atoms with Crippen molar-refractivity contribution in [2.45, 2.75) is 44.6 Å². The Labute approximate surface area is 188 Å². The first kappa shape index (κ1) is 22.6. The van der Waals surface area contributed by atoms with E-state index in [0.717, 1.165) is 44.6 Å². The van der Waals surface area contributed by atoms with Crippen LogP contribution in [0.4, 0.5) is 10.2 Å². The highest BCUT2D eigenvalue weighted by Crippen LogP contribution is 2.28. The van der Waals surface area contributed by atoms with E-state index in [1.807, 2.05) is 6.92 Å². The zero-order valence-corrected chi connectivity index (χ0v) is 18.6. The smallest absolute Gasteiger partial charge is 0.271 e. The molecule has 32 heavy (non-hydrogen) atoms. The molecule has 2 saturated heterocycles. The molecular formula is C24H32FN5O2. The Balaban J connectivity index is 1.52. The molecule has 2 fully saturated rings. The molecule has 2 aromatic rings. The van der Waals surface area contributed by atoms with Crippen LogP contribution in [0, 0.1) is 5.82 Å². The first-order chi connectivity index (χ1) is 15.6. The average molecular weight is 442 g/mol. The van der Waals surface area contributed by atoms with Gasteiger partial charge in [0, 0.05) is 38.3 Å². The molecule has 0 radical (unpaired) electrons. The molecule has 2 aliphatic heterocycles. The van der Waals surface area contributed by atoms with Crippen molar-refractivity contribution in [3.8, 4) is 0 Å². The first-order valence-electron chi connectivity index (χ1n) is 11.6. The predicted molar refractivity (Wildman–Crippen MR) is 121 cm³/mol. The molecule has 1 aromatic heterocycles. The number of halogens is 1. The van der Waals surface area contributed by atoms with Crippen molar-refractivity contribution in [3.63, 3.8) is 0 Å². The van der Waals surface area contributed by atoms with Crippen LogP contribution in [0.5, 0.6) is 0 Å². The summed E-state index contributed by atoms with van der Waals surface area (Å²) in [5, 5.41) is 6.46. The summed E-state index contributed by atoms with van der Waals surface area (Å²) in [4.78, 5) is 24.5. The number of nitrogens with one attached hydrogen (secondary N) is 2. The minimum Gasteiger partial charge on any atom is -0.381 e. The summed E-state index contributed by atoms with van der Waals surface area (Å²) in [6, 6.07) is 6.49. The monoisotopic (exact) mass is 441 g/mol. The second kappa shape index (κ2) is 10.8. The second-order valence-corrected chi connectivity index (χ2v) is 8.60. The first-order valence-corrected chi connectivity index (χ1v) is 11.6. The van der Waals surface area contributed by atoms with Gasteiger partial charge >= 0.3 is 0 Å². The minimum absolute atomic E-state index is 0.0919. The molecule has 1 aromatic carbocycles. The minimum atomic E-state index is -0.277. The van der Waals surface area contributed by atoms with Crippen LogP contribution < -0.4 is 10.6 Å². The molecule has 2 N–H and O–H groups in total. The van der Waals surface area contributed by atoms with Gasteiger partial charge < -0.3 is 20.3 Å². The van der Waals surface area contributed by atoms with Crippen LogP contribution in [0.3, 0.4) is 0 Å². The summed E-state index contributed by atoms with van der Waals surface area (Å²) < 4.78 is 18.8. The third-order valence-corrected chi connectivity index (χ3v) is 6.29. The lowest BCUT2D eigenvalue weighted by Crippen LogP contribution is -2.39. The molecule has 1 unspecified atom stereocenters. The van der Waals surface area contributed by atoms with Gasteiger partial charge in [0.05, 0.1) is 11.9 Å². The number of rotatable bonds is 8. The number of amides is 1. The van der Waals surface area contributed by atoms with E-state index in [0.29, 0.717) is 30.4 Å². The number of nitrogens with zero attached hydrogens (tertiary/aromatic N) is 3. The van der Waals surface area contributed by atoms with Crippen LogP contribution in [0.1, 0.15) is 60.3 Å². The van der Waals surface area contributed by atoms with Gasteiger partial charge in [0.1, 0.15) is 17.3 Å². The highest BCUT2D eigenvalue weighted by molar-refractivity contribution is 5.92. The lowest BCUT2D eigenvalue weighted by atomic mass is 9.97. The summed E-state index contributed by atoms with van der Waals surface area (Å²) in [5.41, 5.74) is 1.91. The highest BCUT2D eigenvalue weighted by atomic mass is 19.1. The lowest BCUT2D eigenvalue weighted by molar-refractivity contribution is 0.0694. The summed E-state index contributed by atoms with van der Waals surface area (Å²) in [5.74, 6) is 0.0259. The third kappa shape index (κ3) is 5.81. The molecule has 0 saturated carbocycles. The number of carbonyl (C=O) groups excluding carboxylic acids is 1. The number of carbonyl (C=O) groups is 1. The van der Waals surface area contributed by atoms with Crippen LogP contribution in [0.25, 0.3) is 0 Å². The second-order valence-electron chi connectivity index (χ2n) is 8.60. The lowest BCUT2D eigenvalue weighted by Gasteiger charge is -2.23. The molecule has 1 amide bonds. The van der Waals surface area contributed by atoms with Crippen LogP contribution in [-0.4, -0.2) is 66.2 Å². The van der Waals surface area contributed by atoms with Crippen molar-refractivity contribution >= 4 is 11.7 Å². The van der Waals surface area contributed by atoms with Crippen molar-refractivity contribution < 1.29 is 13.9 Å². The van der Waals surface area contributed by atoms with Gasteiger partial charge in [0.15, 0.2) is 0 Å². The van der Waals surface area contributed by atoms with Crippen molar-refractivity contribution in [1.82, 2.24) is 20.2 Å². The highest BCUT2D eigenvalue weighted by Gasteiger charge is 2.22.